The Labute approximate surface area is 188 Å². The summed E-state index contributed by atoms with van der Waals surface area (Å²) in [6, 6.07) is 17.4. The number of carboxylic acid groups (broad SMARTS) is 1. The monoisotopic (exact) mass is 541 g/mol. The maximum absolute atomic E-state index is 10.9. The van der Waals surface area contributed by atoms with Gasteiger partial charge in [0, 0.05) is 17.5 Å². The number of ether oxygens (including phenoxy) is 2. The number of para-hydroxylation sites is 2. The number of halogens is 2. The predicted octanol–water partition coefficient (Wildman–Crippen LogP) is 4.89. The van der Waals surface area contributed by atoms with Crippen molar-refractivity contribution in [3.05, 3.63) is 59.7 Å². The molecule has 1 N–H and O–H groups in total. The second-order valence-electron chi connectivity index (χ2n) is 6.68. The Hall–Kier alpha value is -1.62. The minimum atomic E-state index is -0.826. The molecule has 5 nitrogen and oxygen atoms in total. The van der Waals surface area contributed by atoms with Crippen molar-refractivity contribution >= 4 is 42.7 Å². The van der Waals surface area contributed by atoms with E-state index in [1.54, 1.807) is 0 Å². The van der Waals surface area contributed by atoms with Gasteiger partial charge in [-0.1, -0.05) is 36.4 Å². The van der Waals surface area contributed by atoms with E-state index >= 15 is 0 Å². The topological polar surface area (TPSA) is 79.5 Å². The number of hydrogen-bond donors (Lipinski definition) is 1. The molecule has 2 unspecified atom stereocenters. The Morgan fingerprint density at radius 1 is 1.14 bits per heavy atom. The van der Waals surface area contributed by atoms with Crippen LogP contribution < -0.4 is 9.47 Å². The van der Waals surface area contributed by atoms with Gasteiger partial charge in [-0.25, -0.2) is 0 Å². The number of rotatable bonds is 1. The summed E-state index contributed by atoms with van der Waals surface area (Å²) in [6.07, 6.45) is 1.34. The van der Waals surface area contributed by atoms with Gasteiger partial charge in [-0.3, -0.25) is 4.79 Å². The number of nitrogens with zero attached hydrogens (tertiary/aromatic N) is 1. The first-order chi connectivity index (χ1) is 14.0. The SMILES string of the molecule is CC1(C#N)CCOc2ccccc21.O=C(O)C1CCOc2ccccc21.[Cl][Sn][Cl]. The fourth-order valence-corrected chi connectivity index (χ4v) is 3.26. The number of carboxylic acids is 1. The summed E-state index contributed by atoms with van der Waals surface area (Å²) in [4.78, 5) is 10.9. The van der Waals surface area contributed by atoms with Crippen molar-refractivity contribution in [1.29, 1.82) is 5.26 Å². The summed E-state index contributed by atoms with van der Waals surface area (Å²) in [7, 11) is 9.87. The molecule has 152 valence electrons. The molecule has 2 aromatic rings. The Balaban J connectivity index is 0.000000183. The molecule has 8 heteroatoms. The van der Waals surface area contributed by atoms with Gasteiger partial charge in [0.1, 0.15) is 11.5 Å². The molecule has 2 aliphatic heterocycles. The van der Waals surface area contributed by atoms with E-state index < -0.39 is 30.8 Å². The van der Waals surface area contributed by atoms with Crippen LogP contribution in [-0.4, -0.2) is 43.2 Å². The van der Waals surface area contributed by atoms with Gasteiger partial charge in [-0.05, 0) is 25.5 Å². The van der Waals surface area contributed by atoms with Gasteiger partial charge in [-0.15, -0.1) is 0 Å². The maximum atomic E-state index is 10.9. The van der Waals surface area contributed by atoms with Crippen molar-refractivity contribution in [3.63, 3.8) is 0 Å². The molecule has 2 heterocycles. The normalized spacial score (nSPS) is 21.1. The fraction of sp³-hybridized carbons (Fsp3) is 0.333. The molecule has 0 fully saturated rings. The number of nitriles is 1. The molecule has 29 heavy (non-hydrogen) atoms. The summed E-state index contributed by atoms with van der Waals surface area (Å²) in [6.45, 7) is 3.10. The third-order valence-electron chi connectivity index (χ3n) is 4.84. The Morgan fingerprint density at radius 3 is 2.38 bits per heavy atom. The first-order valence-corrected chi connectivity index (χ1v) is 16.2. The quantitative estimate of drug-likeness (QED) is 0.521. The van der Waals surface area contributed by atoms with Gasteiger partial charge < -0.3 is 14.6 Å². The zero-order chi connectivity index (χ0) is 21.3. The number of benzene rings is 2. The molecule has 4 rings (SSSR count). The Morgan fingerprint density at radius 2 is 1.72 bits per heavy atom. The summed E-state index contributed by atoms with van der Waals surface area (Å²) in [5.41, 5.74) is 1.44. The second kappa shape index (κ2) is 11.5. The molecule has 2 radical (unpaired) electrons. The van der Waals surface area contributed by atoms with Gasteiger partial charge in [0.25, 0.3) is 0 Å². The van der Waals surface area contributed by atoms with Crippen LogP contribution in [0.5, 0.6) is 11.5 Å². The van der Waals surface area contributed by atoms with E-state index in [1.165, 1.54) is 0 Å². The molecule has 0 spiro atoms. The van der Waals surface area contributed by atoms with Crippen LogP contribution in [0.1, 0.15) is 36.8 Å². The van der Waals surface area contributed by atoms with E-state index in [0.29, 0.717) is 25.4 Å². The van der Waals surface area contributed by atoms with E-state index in [2.05, 4.69) is 6.07 Å². The molecule has 0 bridgehead atoms. The molecule has 2 aromatic carbocycles. The summed E-state index contributed by atoms with van der Waals surface area (Å²) in [5.74, 6) is 0.402. The van der Waals surface area contributed by atoms with E-state index in [4.69, 9.17) is 37.7 Å². The van der Waals surface area contributed by atoms with Gasteiger partial charge >= 0.3 is 42.7 Å². The van der Waals surface area contributed by atoms with Crippen LogP contribution in [0, 0.1) is 11.3 Å². The summed E-state index contributed by atoms with van der Waals surface area (Å²) < 4.78 is 10.8. The molecule has 0 aliphatic carbocycles. The zero-order valence-corrected chi connectivity index (χ0v) is 20.3. The van der Waals surface area contributed by atoms with Crippen molar-refractivity contribution < 1.29 is 19.4 Å². The third kappa shape index (κ3) is 6.18. The molecular formula is C21H21Cl2NO4Sn. The van der Waals surface area contributed by atoms with Crippen molar-refractivity contribution in [1.82, 2.24) is 0 Å². The number of fused-ring (bicyclic) bond motifs is 2. The van der Waals surface area contributed by atoms with Crippen LogP contribution in [0.15, 0.2) is 48.5 Å². The number of carbonyl (C=O) groups is 1. The van der Waals surface area contributed by atoms with Crippen molar-refractivity contribution in [2.75, 3.05) is 13.2 Å². The average molecular weight is 541 g/mol. The van der Waals surface area contributed by atoms with Gasteiger partial charge in [0.15, 0.2) is 0 Å². The molecule has 2 aliphatic rings. The second-order valence-corrected chi connectivity index (χ2v) is 10.9. The van der Waals surface area contributed by atoms with Crippen LogP contribution in [0.3, 0.4) is 0 Å². The fourth-order valence-electron chi connectivity index (χ4n) is 3.26. The first-order valence-electron chi connectivity index (χ1n) is 9.01. The summed E-state index contributed by atoms with van der Waals surface area (Å²) >= 11 is -0.826. The van der Waals surface area contributed by atoms with Crippen molar-refractivity contribution in [2.24, 2.45) is 0 Å². The molecule has 0 saturated heterocycles. The average Bonchev–Trinajstić information content (AvgIpc) is 2.75. The van der Waals surface area contributed by atoms with Gasteiger partial charge in [0.2, 0.25) is 0 Å². The standard InChI is InChI=1S/C11H11NO.C10H10O3.2ClH.Sn/c1-11(8-12)6-7-13-10-5-3-2-4-9(10)11;11-10(12)8-5-6-13-9-4-2-1-3-7(8)9;;;/h2-5H,6-7H2,1H3;1-4,8H,5-6H2,(H,11,12);2*1H;/q;;;;+2/p-2. The van der Waals surface area contributed by atoms with Crippen LogP contribution in [0.25, 0.3) is 0 Å². The molecule has 2 atom stereocenters. The van der Waals surface area contributed by atoms with E-state index in [0.717, 1.165) is 23.3 Å². The van der Waals surface area contributed by atoms with Crippen molar-refractivity contribution in [2.45, 2.75) is 31.1 Å². The minimum absolute atomic E-state index is 0.366. The van der Waals surface area contributed by atoms with E-state index in [9.17, 15) is 4.79 Å². The van der Waals surface area contributed by atoms with Crippen LogP contribution in [-0.2, 0) is 10.2 Å². The summed E-state index contributed by atoms with van der Waals surface area (Å²) in [5, 5.41) is 18.0. The van der Waals surface area contributed by atoms with Crippen LogP contribution in [0.2, 0.25) is 0 Å². The van der Waals surface area contributed by atoms with Crippen LogP contribution in [0.4, 0.5) is 0 Å². The number of aliphatic carboxylic acids is 1. The molecule has 0 saturated carbocycles. The van der Waals surface area contributed by atoms with Crippen molar-refractivity contribution in [3.8, 4) is 17.6 Å². The van der Waals surface area contributed by atoms with E-state index in [-0.39, 0.29) is 5.41 Å². The Bertz CT molecular complexity index is 874. The predicted molar refractivity (Wildman–Crippen MR) is 114 cm³/mol. The molecular weight excluding hydrogens is 520 g/mol. The van der Waals surface area contributed by atoms with Gasteiger partial charge in [-0.2, -0.15) is 5.26 Å². The third-order valence-corrected chi connectivity index (χ3v) is 4.84. The van der Waals surface area contributed by atoms with Gasteiger partial charge in [0.05, 0.1) is 30.6 Å². The zero-order valence-electron chi connectivity index (χ0n) is 15.9. The van der Waals surface area contributed by atoms with Crippen LogP contribution >= 0.6 is 17.8 Å². The van der Waals surface area contributed by atoms with E-state index in [1.807, 2.05) is 55.5 Å². The Kier molecular flexibility index (Phi) is 9.41. The molecule has 0 amide bonds. The first kappa shape index (κ1) is 23.7. The molecule has 0 aromatic heterocycles. The number of hydrogen-bond acceptors (Lipinski definition) is 4.